The summed E-state index contributed by atoms with van der Waals surface area (Å²) in [6.07, 6.45) is 0. The predicted molar refractivity (Wildman–Crippen MR) is 42.1 cm³/mol. The third kappa shape index (κ3) is 59.6. The Kier molecular flexibility index (Phi) is 9.92. The molecule has 0 aliphatic rings. The quantitative estimate of drug-likeness (QED) is 0.334. The summed E-state index contributed by atoms with van der Waals surface area (Å²) in [6.45, 7) is 0.0694. The number of likely N-dealkylation sites (N-methyl/N-ethyl adjacent to an activating group) is 1. The van der Waals surface area contributed by atoms with Crippen LogP contribution in [0.4, 0.5) is 0 Å². The first-order valence-electron chi connectivity index (χ1n) is 3.12. The van der Waals surface area contributed by atoms with Crippen LogP contribution in [-0.4, -0.2) is 55.7 Å². The van der Waals surface area contributed by atoms with Crippen LogP contribution in [0.25, 0.3) is 0 Å². The van der Waals surface area contributed by atoms with E-state index in [1.807, 2.05) is 0 Å². The minimum absolute atomic E-state index is 0. The van der Waals surface area contributed by atoms with Gasteiger partial charge in [-0.2, -0.15) is 8.42 Å². The van der Waals surface area contributed by atoms with Crippen molar-refractivity contribution in [1.82, 2.24) is 0 Å². The van der Waals surface area contributed by atoms with Gasteiger partial charge in [0, 0.05) is 17.1 Å². The number of quaternary nitrogens is 1. The predicted octanol–water partition coefficient (Wildman–Crippen LogP) is -2.21. The molecule has 0 spiro atoms. The number of carbonyl (C=O) groups is 1. The minimum atomic E-state index is -4.67. The molecule has 0 amide bonds. The van der Waals surface area contributed by atoms with E-state index in [0.717, 1.165) is 0 Å². The third-order valence-corrected chi connectivity index (χ3v) is 0.603. The maximum Gasteiger partial charge on any atom is 0.394 e. The second kappa shape index (κ2) is 7.16. The van der Waals surface area contributed by atoms with Gasteiger partial charge in [-0.1, -0.05) is 0 Å². The van der Waals surface area contributed by atoms with Crippen LogP contribution in [0.1, 0.15) is 0 Å². The van der Waals surface area contributed by atoms with Gasteiger partial charge in [0.05, 0.1) is 27.1 Å². The molecule has 0 heterocycles. The van der Waals surface area contributed by atoms with E-state index in [0.29, 0.717) is 4.48 Å². The third-order valence-electron chi connectivity index (χ3n) is 0.603. The van der Waals surface area contributed by atoms with Gasteiger partial charge >= 0.3 is 10.4 Å². The molecule has 0 rings (SSSR count). The van der Waals surface area contributed by atoms with Gasteiger partial charge in [0.15, 0.2) is 0 Å². The molecule has 0 saturated carbocycles. The summed E-state index contributed by atoms with van der Waals surface area (Å²) in [5.74, 6) is -1.00. The van der Waals surface area contributed by atoms with Gasteiger partial charge in [-0.15, -0.1) is 0 Å². The number of rotatable bonds is 2. The van der Waals surface area contributed by atoms with E-state index in [1.54, 1.807) is 21.1 Å². The van der Waals surface area contributed by atoms with Crippen LogP contribution >= 0.6 is 0 Å². The Morgan fingerprint density at radius 1 is 1.29 bits per heavy atom. The maximum atomic E-state index is 9.89. The molecule has 14 heavy (non-hydrogen) atoms. The molecule has 2 N–H and O–H groups in total. The molecule has 7 nitrogen and oxygen atoms in total. The van der Waals surface area contributed by atoms with Gasteiger partial charge in [0.1, 0.15) is 6.54 Å². The Morgan fingerprint density at radius 3 is 1.50 bits per heavy atom. The summed E-state index contributed by atoms with van der Waals surface area (Å²) in [4.78, 5) is 9.89. The van der Waals surface area contributed by atoms with Crippen LogP contribution in [0.15, 0.2) is 0 Å². The van der Waals surface area contributed by atoms with Crippen molar-refractivity contribution in [2.75, 3.05) is 27.7 Å². The second-order valence-corrected chi connectivity index (χ2v) is 4.16. The summed E-state index contributed by atoms with van der Waals surface area (Å²) in [5, 5.41) is 9.89. The molecule has 0 aliphatic heterocycles. The Bertz CT molecular complexity index is 248. The largest absolute Gasteiger partial charge is 0.544 e. The van der Waals surface area contributed by atoms with Crippen LogP contribution in [0.3, 0.4) is 0 Å². The number of aliphatic carboxylic acids is 1. The van der Waals surface area contributed by atoms with E-state index < -0.39 is 16.4 Å². The first kappa shape index (κ1) is 19.4. The van der Waals surface area contributed by atoms with Gasteiger partial charge in [-0.25, -0.2) is 0 Å². The first-order chi connectivity index (χ1) is 5.42. The standard InChI is InChI=1S/C5H11NO2.Fe.H2O4S/c1-6(2,3)4-5(7)8;;1-5(2,3)4/h4H2,1-3H3;;(H2,1,2,3,4). The number of nitrogens with zero attached hydrogens (tertiary/aromatic N) is 1. The van der Waals surface area contributed by atoms with Gasteiger partial charge in [0.2, 0.25) is 0 Å². The molecule has 0 aromatic heterocycles. The Morgan fingerprint density at radius 2 is 1.50 bits per heavy atom. The Hall–Kier alpha value is -0.181. The molecule has 0 bridgehead atoms. The number of carboxylic acids is 1. The molecule has 9 heteroatoms. The zero-order valence-corrected chi connectivity index (χ0v) is 9.86. The van der Waals surface area contributed by atoms with Crippen molar-refractivity contribution in [3.8, 4) is 0 Å². The summed E-state index contributed by atoms with van der Waals surface area (Å²) in [7, 11) is 0.738. The number of carboxylic acid groups (broad SMARTS) is 1. The summed E-state index contributed by atoms with van der Waals surface area (Å²) < 4.78 is 32.0. The van der Waals surface area contributed by atoms with Crippen molar-refractivity contribution in [3.05, 3.63) is 0 Å². The summed E-state index contributed by atoms with van der Waals surface area (Å²) >= 11 is 0. The molecular formula is C5H13FeNO6S. The monoisotopic (exact) mass is 271 g/mol. The van der Waals surface area contributed by atoms with Gasteiger partial charge in [-0.05, 0) is 0 Å². The Balaban J connectivity index is -0.000000177. The summed E-state index contributed by atoms with van der Waals surface area (Å²) in [6, 6.07) is 0. The van der Waals surface area contributed by atoms with Crippen molar-refractivity contribution in [3.63, 3.8) is 0 Å². The minimum Gasteiger partial charge on any atom is -0.544 e. The molecule has 88 valence electrons. The number of hydrogen-bond acceptors (Lipinski definition) is 4. The normalized spacial score (nSPS) is 10.6. The fourth-order valence-electron chi connectivity index (χ4n) is 0.387. The van der Waals surface area contributed by atoms with Gasteiger partial charge < -0.3 is 14.4 Å². The topological polar surface area (TPSA) is 115 Å². The van der Waals surface area contributed by atoms with Crippen molar-refractivity contribution in [1.29, 1.82) is 0 Å². The molecule has 0 unspecified atom stereocenters. The van der Waals surface area contributed by atoms with Crippen molar-refractivity contribution in [2.45, 2.75) is 0 Å². The maximum absolute atomic E-state index is 9.89. The van der Waals surface area contributed by atoms with Crippen molar-refractivity contribution in [2.24, 2.45) is 0 Å². The SMILES string of the molecule is C[N+](C)(C)CC(=O)[O-].O=S(=O)(O)O.[Fe]. The fourth-order valence-corrected chi connectivity index (χ4v) is 0.387. The molecule has 0 atom stereocenters. The first-order valence-corrected chi connectivity index (χ1v) is 4.52. The van der Waals surface area contributed by atoms with Crippen molar-refractivity contribution < 1.29 is 49.0 Å². The van der Waals surface area contributed by atoms with Crippen LogP contribution in [0.5, 0.6) is 0 Å². The van der Waals surface area contributed by atoms with Gasteiger partial charge in [-0.3, -0.25) is 9.11 Å². The van der Waals surface area contributed by atoms with E-state index in [-0.39, 0.29) is 23.6 Å². The molecule has 0 radical (unpaired) electrons. The fraction of sp³-hybridized carbons (Fsp3) is 0.800. The second-order valence-electron chi connectivity index (χ2n) is 3.27. The van der Waals surface area contributed by atoms with E-state index in [1.165, 1.54) is 0 Å². The molecule has 0 fully saturated rings. The summed E-state index contributed by atoms with van der Waals surface area (Å²) in [5.41, 5.74) is 0. The molecule has 0 saturated heterocycles. The molecular weight excluding hydrogens is 258 g/mol. The number of carbonyl (C=O) groups excluding carboxylic acids is 1. The van der Waals surface area contributed by atoms with Crippen molar-refractivity contribution >= 4 is 16.4 Å². The van der Waals surface area contributed by atoms with E-state index in [9.17, 15) is 9.90 Å². The van der Waals surface area contributed by atoms with E-state index >= 15 is 0 Å². The van der Waals surface area contributed by atoms with Crippen LogP contribution in [-0.2, 0) is 32.3 Å². The molecule has 0 aromatic rings. The van der Waals surface area contributed by atoms with Crippen LogP contribution in [0, 0.1) is 0 Å². The average Bonchev–Trinajstić information content (AvgIpc) is 1.47. The Labute approximate surface area is 93.4 Å². The molecule has 0 aromatic carbocycles. The van der Waals surface area contributed by atoms with Crippen LogP contribution in [0.2, 0.25) is 0 Å². The number of hydrogen-bond donors (Lipinski definition) is 2. The van der Waals surface area contributed by atoms with E-state index in [2.05, 4.69) is 0 Å². The average molecular weight is 271 g/mol. The smallest absolute Gasteiger partial charge is 0.394 e. The van der Waals surface area contributed by atoms with Crippen LogP contribution < -0.4 is 5.11 Å². The van der Waals surface area contributed by atoms with Gasteiger partial charge in [0.25, 0.3) is 0 Å². The van der Waals surface area contributed by atoms with E-state index in [4.69, 9.17) is 17.5 Å². The zero-order valence-electron chi connectivity index (χ0n) is 7.94. The zero-order chi connectivity index (χ0) is 11.3. The molecule has 0 aliphatic carbocycles.